The third-order valence-corrected chi connectivity index (χ3v) is 21.7. The number of hydrogen-bond acceptors (Lipinski definition) is 22. The van der Waals surface area contributed by atoms with E-state index in [1.54, 1.807) is 46.8 Å². The molecule has 0 fully saturated rings. The van der Waals surface area contributed by atoms with Gasteiger partial charge in [0.1, 0.15) is 83.1 Å². The zero-order valence-electron chi connectivity index (χ0n) is 66.0. The predicted octanol–water partition coefficient (Wildman–Crippen LogP) is 0.367. The van der Waals surface area contributed by atoms with Crippen LogP contribution in [0.5, 0.6) is 11.5 Å². The SMILES string of the molecule is CC(C)[C@]1(C)NC(=O)[C@H](Cc2ccc(O)cc2)NC(=O)[C@H](CCC(=O)O)NC(=O)[C@H](CCCCN)NC(=O)[C@H](Cc2c[nH]c3ncccc23)NC(=O)[C@H]([C@@H](C)O)NC(=O)[C@H](CCCCN)NC(=O)[C@H](Cc2ccc(O)cc2)NC(=O)[C@H](C(C)(C)C)NC(=O)CCSCc2cccc(c2)CSC[C@@H](C(N)=O)NC(=O)[C@H]([C@@H](C)O)NC1=O. The lowest BCUT2D eigenvalue weighted by Crippen LogP contribution is -2.67. The van der Waals surface area contributed by atoms with E-state index >= 15 is 4.79 Å². The van der Waals surface area contributed by atoms with Crippen molar-refractivity contribution < 1.29 is 87.9 Å². The summed E-state index contributed by atoms with van der Waals surface area (Å²) in [6.45, 7) is 12.2. The van der Waals surface area contributed by atoms with Crippen LogP contribution in [-0.4, -0.2) is 215 Å². The fourth-order valence-corrected chi connectivity index (χ4v) is 14.3. The van der Waals surface area contributed by atoms with Crippen LogP contribution in [0.1, 0.15) is 141 Å². The molecule has 0 saturated heterocycles. The minimum absolute atomic E-state index is 0.0377. The standard InChI is InChI=1S/C79H112N16O18S2/c1-43(2)79(8)77(113)94-64(45(4)97)75(111)91-60(66(82)103)42-115-41-49-16-13-15-48(35-49)40-114-34-30-61(100)92-65(78(5,6)7)76(112)90-57(36-46-20-24-51(98)25-21-46)71(107)86-55(19-10-12-32-81)70(106)93-63(44(3)96)74(110)89-59(38-50-39-84-67-53(50)17-14-33-83-67)72(108)85-54(18-9-11-31-80)68(104)87-56(28-29-62(101)102)69(105)88-58(73(109)95-79)37-47-22-26-52(99)27-23-47/h13-17,20-27,33,35,39,43-45,54-60,63-65,96-99H,9-12,18-19,28-32,34,36-38,40-42,80-81H2,1-8H3,(H2,82,103)(H,83,84)(H,85,108)(H,86,107)(H,87,104)(H,88,105)(H,89,110)(H,90,112)(H,91,111)(H,92,100)(H,93,106)(H,94,113)(H,95,109)(H,101,102)/t44-,45-,54+,55+,56+,57+,58+,59+,60+,63+,64+,65-,79+/m1/s1. The smallest absolute Gasteiger partial charge is 0.303 e. The summed E-state index contributed by atoms with van der Waals surface area (Å²) in [7, 11) is 0. The Morgan fingerprint density at radius 2 is 1.03 bits per heavy atom. The topological polar surface area (TPSA) is 562 Å². The van der Waals surface area contributed by atoms with Crippen LogP contribution in [0.15, 0.2) is 97.3 Å². The van der Waals surface area contributed by atoms with Gasteiger partial charge in [0.25, 0.3) is 0 Å². The van der Waals surface area contributed by atoms with E-state index in [-0.39, 0.29) is 88.1 Å². The molecule has 115 heavy (non-hydrogen) atoms. The molecule has 2 aromatic heterocycles. The van der Waals surface area contributed by atoms with E-state index in [1.807, 2.05) is 24.3 Å². The van der Waals surface area contributed by atoms with Gasteiger partial charge < -0.3 is 106 Å². The molecule has 628 valence electrons. The first-order valence-electron chi connectivity index (χ1n) is 38.2. The molecule has 34 nitrogen and oxygen atoms in total. The second kappa shape index (κ2) is 45.0. The van der Waals surface area contributed by atoms with Crippen molar-refractivity contribution in [2.24, 2.45) is 28.5 Å². The average molecular weight is 1640 g/mol. The van der Waals surface area contributed by atoms with E-state index < -0.39 is 179 Å². The number of unbranched alkanes of at least 4 members (excludes halogenated alkanes) is 2. The van der Waals surface area contributed by atoms with Crippen LogP contribution in [-0.2, 0) is 93.1 Å². The highest BCUT2D eigenvalue weighted by Crippen LogP contribution is 2.26. The van der Waals surface area contributed by atoms with Gasteiger partial charge in [-0.3, -0.25) is 62.3 Å². The molecule has 2 bridgehead atoms. The summed E-state index contributed by atoms with van der Waals surface area (Å²) < 4.78 is 0. The molecule has 1 aliphatic rings. The Labute approximate surface area is 676 Å². The average Bonchev–Trinajstić information content (AvgIpc) is 1.75. The number of rotatable bonds is 21. The lowest BCUT2D eigenvalue weighted by molar-refractivity contribution is -0.140. The van der Waals surface area contributed by atoms with Gasteiger partial charge in [0, 0.05) is 72.9 Å². The molecule has 0 aliphatic carbocycles. The molecule has 13 atom stereocenters. The van der Waals surface area contributed by atoms with Crippen molar-refractivity contribution in [2.75, 3.05) is 24.6 Å². The van der Waals surface area contributed by atoms with Crippen molar-refractivity contribution >= 4 is 111 Å². The normalized spacial score (nSPS) is 24.0. The van der Waals surface area contributed by atoms with Crippen LogP contribution < -0.4 is 75.7 Å². The summed E-state index contributed by atoms with van der Waals surface area (Å²) in [6, 6.07) is 6.09. The van der Waals surface area contributed by atoms with E-state index in [0.29, 0.717) is 51.4 Å². The summed E-state index contributed by atoms with van der Waals surface area (Å²) >= 11 is 2.67. The Morgan fingerprint density at radius 1 is 0.557 bits per heavy atom. The lowest BCUT2D eigenvalue weighted by Gasteiger charge is -2.36. The molecule has 0 unspecified atom stereocenters. The molecule has 1 aliphatic heterocycles. The summed E-state index contributed by atoms with van der Waals surface area (Å²) in [6.07, 6.45) is -1.88. The molecular weight excluding hydrogens is 1530 g/mol. The highest BCUT2D eigenvalue weighted by atomic mass is 32.2. The van der Waals surface area contributed by atoms with Crippen molar-refractivity contribution in [3.63, 3.8) is 0 Å². The van der Waals surface area contributed by atoms with Crippen molar-refractivity contribution in [2.45, 2.75) is 222 Å². The second-order valence-corrected chi connectivity index (χ2v) is 32.4. The molecule has 3 aromatic carbocycles. The first-order chi connectivity index (χ1) is 54.4. The van der Waals surface area contributed by atoms with Crippen LogP contribution in [0.4, 0.5) is 0 Å². The molecule has 0 saturated carbocycles. The van der Waals surface area contributed by atoms with Gasteiger partial charge in [-0.15, -0.1) is 0 Å². The van der Waals surface area contributed by atoms with Gasteiger partial charge in [-0.2, -0.15) is 23.5 Å². The minimum atomic E-state index is -1.99. The number of aliphatic hydroxyl groups is 2. The number of carboxylic acid groups (broad SMARTS) is 1. The minimum Gasteiger partial charge on any atom is -0.508 e. The number of thioether (sulfide) groups is 2. The van der Waals surface area contributed by atoms with E-state index in [2.05, 4.69) is 68.5 Å². The molecule has 36 heteroatoms. The number of benzene rings is 3. The zero-order valence-corrected chi connectivity index (χ0v) is 67.6. The Morgan fingerprint density at radius 3 is 1.54 bits per heavy atom. The van der Waals surface area contributed by atoms with Crippen molar-refractivity contribution in [1.82, 2.24) is 68.5 Å². The number of pyridine rings is 1. The predicted molar refractivity (Wildman–Crippen MR) is 432 cm³/mol. The molecule has 23 N–H and O–H groups in total. The number of phenols is 2. The number of carboxylic acids is 1. The molecule has 6 rings (SSSR count). The van der Waals surface area contributed by atoms with Crippen LogP contribution in [0.25, 0.3) is 11.0 Å². The lowest BCUT2D eigenvalue weighted by atomic mass is 9.85. The Kier molecular flexibility index (Phi) is 36.6. The molecule has 12 amide bonds. The number of fused-ring (bicyclic) bond motifs is 3. The van der Waals surface area contributed by atoms with Crippen LogP contribution >= 0.6 is 23.5 Å². The maximum atomic E-state index is 15.2. The third kappa shape index (κ3) is 29.4. The maximum Gasteiger partial charge on any atom is 0.303 e. The fraction of sp³-hybridized carbons (Fsp3) is 0.519. The molecule has 0 radical (unpaired) electrons. The van der Waals surface area contributed by atoms with Crippen molar-refractivity contribution in [3.8, 4) is 11.5 Å². The number of nitrogens with one attached hydrogen (secondary N) is 12. The number of carbonyl (C=O) groups excluding carboxylic acids is 12. The fourth-order valence-electron chi connectivity index (χ4n) is 12.4. The zero-order chi connectivity index (χ0) is 84.9. The number of aromatic amines is 1. The van der Waals surface area contributed by atoms with Gasteiger partial charge in [0.15, 0.2) is 0 Å². The van der Waals surface area contributed by atoms with E-state index in [9.17, 15) is 83.1 Å². The number of hydrogen-bond donors (Lipinski definition) is 20. The number of primary amides is 1. The number of carbonyl (C=O) groups is 13. The third-order valence-electron chi connectivity index (χ3n) is 19.6. The number of aromatic nitrogens is 2. The first-order valence-corrected chi connectivity index (χ1v) is 40.5. The molecule has 5 aromatic rings. The number of nitrogens with two attached hydrogens (primary N) is 3. The Hall–Kier alpha value is -10.4. The number of aliphatic carboxylic acids is 1. The van der Waals surface area contributed by atoms with Crippen LogP contribution in [0.2, 0.25) is 0 Å². The van der Waals surface area contributed by atoms with Gasteiger partial charge >= 0.3 is 5.97 Å². The van der Waals surface area contributed by atoms with Crippen molar-refractivity contribution in [1.29, 1.82) is 0 Å². The number of phenolic OH excluding ortho intramolecular Hbond substituents is 2. The number of nitrogens with zero attached hydrogens (tertiary/aromatic N) is 1. The summed E-state index contributed by atoms with van der Waals surface area (Å²) in [5, 5.41) is 82.5. The van der Waals surface area contributed by atoms with Gasteiger partial charge in [-0.1, -0.05) is 83.1 Å². The van der Waals surface area contributed by atoms with Crippen LogP contribution in [0, 0.1) is 11.3 Å². The Balaban J connectivity index is 1.42. The number of H-pyrrole nitrogens is 1. The second-order valence-electron chi connectivity index (χ2n) is 30.3. The van der Waals surface area contributed by atoms with Crippen LogP contribution in [0.3, 0.4) is 0 Å². The summed E-state index contributed by atoms with van der Waals surface area (Å²) in [4.78, 5) is 195. The largest absolute Gasteiger partial charge is 0.508 e. The molecule has 0 spiro atoms. The monoisotopic (exact) mass is 1640 g/mol. The van der Waals surface area contributed by atoms with E-state index in [1.165, 1.54) is 105 Å². The number of aromatic hydroxyl groups is 2. The van der Waals surface area contributed by atoms with Gasteiger partial charge in [0.05, 0.1) is 12.2 Å². The van der Waals surface area contributed by atoms with Gasteiger partial charge in [0.2, 0.25) is 70.9 Å². The number of aliphatic hydroxyl groups excluding tert-OH is 2. The Bertz CT molecular complexity index is 4160. The van der Waals surface area contributed by atoms with E-state index in [0.717, 1.165) is 11.1 Å². The van der Waals surface area contributed by atoms with E-state index in [4.69, 9.17) is 17.2 Å². The van der Waals surface area contributed by atoms with Gasteiger partial charge in [-0.25, -0.2) is 4.98 Å². The number of amides is 12. The molecule has 3 heterocycles. The highest BCUT2D eigenvalue weighted by molar-refractivity contribution is 7.98. The summed E-state index contributed by atoms with van der Waals surface area (Å²) in [5.74, 6) is -13.0. The molecular formula is C79H112N16O18S2. The van der Waals surface area contributed by atoms with Gasteiger partial charge in [-0.05, 0) is 154 Å². The van der Waals surface area contributed by atoms with Crippen molar-refractivity contribution in [3.05, 3.63) is 125 Å². The summed E-state index contributed by atoms with van der Waals surface area (Å²) in [5.41, 5.74) is 18.0. The maximum absolute atomic E-state index is 15.2. The highest BCUT2D eigenvalue weighted by Gasteiger charge is 2.44. The quantitative estimate of drug-likeness (QED) is 0.0441. The first kappa shape index (κ1) is 93.5.